The van der Waals surface area contributed by atoms with Crippen molar-refractivity contribution >= 4 is 16.7 Å². The van der Waals surface area contributed by atoms with Crippen LogP contribution in [0, 0.1) is 17.2 Å². The third kappa shape index (κ3) is 2.46. The van der Waals surface area contributed by atoms with Crippen LogP contribution in [0.1, 0.15) is 32.3 Å². The molecule has 1 aromatic carbocycles. The van der Waals surface area contributed by atoms with Crippen LogP contribution in [-0.4, -0.2) is 17.6 Å². The van der Waals surface area contributed by atoms with Crippen LogP contribution in [0.4, 0.5) is 5.82 Å². The van der Waals surface area contributed by atoms with Crippen molar-refractivity contribution in [1.29, 1.82) is 5.26 Å². The minimum absolute atomic E-state index is 0.399. The normalized spacial score (nSPS) is 14.5. The Morgan fingerprint density at radius 1 is 1.35 bits per heavy atom. The van der Waals surface area contributed by atoms with Crippen LogP contribution in [-0.2, 0) is 0 Å². The second-order valence-electron chi connectivity index (χ2n) is 5.85. The molecule has 0 amide bonds. The van der Waals surface area contributed by atoms with Crippen molar-refractivity contribution < 1.29 is 0 Å². The molecule has 1 aromatic heterocycles. The van der Waals surface area contributed by atoms with Gasteiger partial charge in [0.05, 0.1) is 17.1 Å². The fraction of sp³-hybridized carbons (Fsp3) is 0.412. The molecule has 1 saturated carbocycles. The molecule has 3 nitrogen and oxygen atoms in total. The van der Waals surface area contributed by atoms with Crippen LogP contribution in [0.5, 0.6) is 0 Å². The smallest absolute Gasteiger partial charge is 0.130 e. The van der Waals surface area contributed by atoms with Gasteiger partial charge in [-0.3, -0.25) is 0 Å². The number of aromatic nitrogens is 1. The van der Waals surface area contributed by atoms with Gasteiger partial charge in [-0.15, -0.1) is 0 Å². The summed E-state index contributed by atoms with van der Waals surface area (Å²) in [6.45, 7) is 5.42. The molecule has 0 unspecified atom stereocenters. The Labute approximate surface area is 119 Å². The maximum Gasteiger partial charge on any atom is 0.130 e. The van der Waals surface area contributed by atoms with Gasteiger partial charge in [-0.05, 0) is 44.7 Å². The summed E-state index contributed by atoms with van der Waals surface area (Å²) in [5, 5.41) is 10.3. The summed E-state index contributed by atoms with van der Waals surface area (Å²) in [4.78, 5) is 7.09. The van der Waals surface area contributed by atoms with Crippen molar-refractivity contribution in [2.75, 3.05) is 11.4 Å². The van der Waals surface area contributed by atoms with E-state index in [0.717, 1.165) is 29.2 Å². The van der Waals surface area contributed by atoms with E-state index >= 15 is 0 Å². The molecular weight excluding hydrogens is 246 g/mol. The molecule has 20 heavy (non-hydrogen) atoms. The van der Waals surface area contributed by atoms with Crippen LogP contribution in [0.15, 0.2) is 30.3 Å². The molecule has 1 heterocycles. The third-order valence-corrected chi connectivity index (χ3v) is 3.89. The number of anilines is 1. The minimum atomic E-state index is 0.399. The molecule has 3 rings (SSSR count). The summed E-state index contributed by atoms with van der Waals surface area (Å²) in [6, 6.07) is 12.5. The van der Waals surface area contributed by atoms with Gasteiger partial charge in [0, 0.05) is 18.0 Å². The second kappa shape index (κ2) is 5.13. The Kier molecular flexibility index (Phi) is 3.31. The van der Waals surface area contributed by atoms with E-state index in [1.54, 1.807) is 0 Å². The average molecular weight is 265 g/mol. The number of nitriles is 1. The van der Waals surface area contributed by atoms with Crippen molar-refractivity contribution in [1.82, 2.24) is 4.98 Å². The van der Waals surface area contributed by atoms with Crippen molar-refractivity contribution in [3.8, 4) is 6.07 Å². The Balaban J connectivity index is 2.07. The molecule has 102 valence electrons. The molecule has 3 heteroatoms. The summed E-state index contributed by atoms with van der Waals surface area (Å²) in [6.07, 6.45) is 2.64. The van der Waals surface area contributed by atoms with Crippen LogP contribution in [0.3, 0.4) is 0 Å². The van der Waals surface area contributed by atoms with Crippen LogP contribution < -0.4 is 4.90 Å². The molecule has 0 atom stereocenters. The fourth-order valence-corrected chi connectivity index (χ4v) is 2.55. The van der Waals surface area contributed by atoms with Crippen LogP contribution in [0.2, 0.25) is 0 Å². The van der Waals surface area contributed by atoms with Gasteiger partial charge in [-0.2, -0.15) is 5.26 Å². The topological polar surface area (TPSA) is 39.9 Å². The number of hydrogen-bond acceptors (Lipinski definition) is 3. The molecule has 0 spiro atoms. The first kappa shape index (κ1) is 12.9. The van der Waals surface area contributed by atoms with Gasteiger partial charge < -0.3 is 4.90 Å². The number of hydrogen-bond donors (Lipinski definition) is 0. The first-order valence-corrected chi connectivity index (χ1v) is 7.25. The standard InChI is InChI=1S/C17H19N3/c1-12(2)20(11-13-7-8-13)17-9-14(10-18)15-5-3-4-6-16(15)19-17/h3-6,9,12-13H,7-8,11H2,1-2H3. The predicted octanol–water partition coefficient (Wildman–Crippen LogP) is 3.73. The average Bonchev–Trinajstić information content (AvgIpc) is 3.27. The zero-order chi connectivity index (χ0) is 14.1. The Bertz CT molecular complexity index is 665. The lowest BCUT2D eigenvalue weighted by molar-refractivity contribution is 0.638. The fourth-order valence-electron chi connectivity index (χ4n) is 2.55. The highest BCUT2D eigenvalue weighted by Crippen LogP contribution is 2.32. The Morgan fingerprint density at radius 2 is 2.10 bits per heavy atom. The van der Waals surface area contributed by atoms with Crippen molar-refractivity contribution in [2.45, 2.75) is 32.7 Å². The number of benzene rings is 1. The molecule has 1 fully saturated rings. The van der Waals surface area contributed by atoms with Gasteiger partial charge in [0.15, 0.2) is 0 Å². The Morgan fingerprint density at radius 3 is 2.75 bits per heavy atom. The SMILES string of the molecule is CC(C)N(CC1CC1)c1cc(C#N)c2ccccc2n1. The summed E-state index contributed by atoms with van der Waals surface area (Å²) < 4.78 is 0. The summed E-state index contributed by atoms with van der Waals surface area (Å²) in [5.74, 6) is 1.73. The summed E-state index contributed by atoms with van der Waals surface area (Å²) >= 11 is 0. The largest absolute Gasteiger partial charge is 0.354 e. The lowest BCUT2D eigenvalue weighted by Crippen LogP contribution is -2.33. The van der Waals surface area contributed by atoms with Crippen LogP contribution >= 0.6 is 0 Å². The van der Waals surface area contributed by atoms with Gasteiger partial charge in [0.2, 0.25) is 0 Å². The quantitative estimate of drug-likeness (QED) is 0.845. The van der Waals surface area contributed by atoms with Crippen molar-refractivity contribution in [3.05, 3.63) is 35.9 Å². The second-order valence-corrected chi connectivity index (χ2v) is 5.85. The van der Waals surface area contributed by atoms with Crippen molar-refractivity contribution in [2.24, 2.45) is 5.92 Å². The molecule has 0 N–H and O–H groups in total. The Hall–Kier alpha value is -2.08. The van der Waals surface area contributed by atoms with Gasteiger partial charge in [-0.25, -0.2) is 4.98 Å². The third-order valence-electron chi connectivity index (χ3n) is 3.89. The van der Waals surface area contributed by atoms with E-state index in [-0.39, 0.29) is 0 Å². The molecule has 1 aliphatic carbocycles. The molecule has 1 aliphatic rings. The highest BCUT2D eigenvalue weighted by atomic mass is 15.2. The number of nitrogens with zero attached hydrogens (tertiary/aromatic N) is 3. The maximum atomic E-state index is 9.38. The number of rotatable bonds is 4. The first-order chi connectivity index (χ1) is 9.69. The van der Waals surface area contributed by atoms with Crippen molar-refractivity contribution in [3.63, 3.8) is 0 Å². The van der Waals surface area contributed by atoms with E-state index in [1.807, 2.05) is 30.3 Å². The van der Waals surface area contributed by atoms with Crippen LogP contribution in [0.25, 0.3) is 10.9 Å². The van der Waals surface area contributed by atoms with E-state index in [4.69, 9.17) is 4.98 Å². The van der Waals surface area contributed by atoms with Gasteiger partial charge >= 0.3 is 0 Å². The van der Waals surface area contributed by atoms with E-state index in [9.17, 15) is 5.26 Å². The molecule has 0 aliphatic heterocycles. The number of pyridine rings is 1. The number of fused-ring (bicyclic) bond motifs is 1. The van der Waals surface area contributed by atoms with Gasteiger partial charge in [-0.1, -0.05) is 18.2 Å². The number of para-hydroxylation sites is 1. The minimum Gasteiger partial charge on any atom is -0.354 e. The first-order valence-electron chi connectivity index (χ1n) is 7.25. The summed E-state index contributed by atoms with van der Waals surface area (Å²) in [7, 11) is 0. The van der Waals surface area contributed by atoms with E-state index in [0.29, 0.717) is 11.6 Å². The molecule has 0 radical (unpaired) electrons. The predicted molar refractivity (Wildman–Crippen MR) is 81.7 cm³/mol. The van der Waals surface area contributed by atoms with Gasteiger partial charge in [0.25, 0.3) is 0 Å². The van der Waals surface area contributed by atoms with Gasteiger partial charge in [0.1, 0.15) is 5.82 Å². The lowest BCUT2D eigenvalue weighted by Gasteiger charge is -2.28. The molecule has 2 aromatic rings. The summed E-state index contributed by atoms with van der Waals surface area (Å²) in [5.41, 5.74) is 1.62. The van der Waals surface area contributed by atoms with E-state index < -0.39 is 0 Å². The van der Waals surface area contributed by atoms with E-state index in [1.165, 1.54) is 12.8 Å². The molecule has 0 bridgehead atoms. The highest BCUT2D eigenvalue weighted by Gasteiger charge is 2.26. The monoisotopic (exact) mass is 265 g/mol. The van der Waals surface area contributed by atoms with E-state index in [2.05, 4.69) is 24.8 Å². The molecular formula is C17H19N3. The molecule has 0 saturated heterocycles. The maximum absolute atomic E-state index is 9.38. The zero-order valence-corrected chi connectivity index (χ0v) is 12.0. The highest BCUT2D eigenvalue weighted by molar-refractivity contribution is 5.86. The zero-order valence-electron chi connectivity index (χ0n) is 12.0. The lowest BCUT2D eigenvalue weighted by atomic mass is 10.1.